The van der Waals surface area contributed by atoms with Crippen LogP contribution in [0.5, 0.6) is 5.75 Å². The van der Waals surface area contributed by atoms with Gasteiger partial charge in [-0.3, -0.25) is 4.79 Å². The first-order chi connectivity index (χ1) is 10.3. The number of alkyl halides is 3. The van der Waals surface area contributed by atoms with E-state index in [9.17, 15) is 18.0 Å². The number of carbonyl (C=O) groups excluding carboxylic acids is 1. The molecule has 2 rings (SSSR count). The Hall–Kier alpha value is -2.84. The quantitative estimate of drug-likeness (QED) is 0.908. The van der Waals surface area contributed by atoms with E-state index in [0.717, 1.165) is 18.3 Å². The van der Waals surface area contributed by atoms with E-state index in [2.05, 4.69) is 15.3 Å². The van der Waals surface area contributed by atoms with Gasteiger partial charge in [0.15, 0.2) is 0 Å². The third-order valence-electron chi connectivity index (χ3n) is 2.63. The molecule has 22 heavy (non-hydrogen) atoms. The lowest BCUT2D eigenvalue weighted by Crippen LogP contribution is -2.16. The fourth-order valence-electron chi connectivity index (χ4n) is 1.64. The SMILES string of the molecule is COc1cc(N)ncc1C(=O)Nc1cccc(C(F)(F)F)n1. The summed E-state index contributed by atoms with van der Waals surface area (Å²) < 4.78 is 42.7. The van der Waals surface area contributed by atoms with Gasteiger partial charge in [-0.2, -0.15) is 13.2 Å². The van der Waals surface area contributed by atoms with Crippen molar-refractivity contribution in [2.45, 2.75) is 6.18 Å². The van der Waals surface area contributed by atoms with Crippen molar-refractivity contribution >= 4 is 17.5 Å². The Labute approximate surface area is 123 Å². The molecular weight excluding hydrogens is 301 g/mol. The second-order valence-corrected chi connectivity index (χ2v) is 4.17. The van der Waals surface area contributed by atoms with E-state index in [0.29, 0.717) is 0 Å². The van der Waals surface area contributed by atoms with Gasteiger partial charge in [-0.05, 0) is 12.1 Å². The molecule has 0 unspecified atom stereocenters. The van der Waals surface area contributed by atoms with Gasteiger partial charge in [0, 0.05) is 12.3 Å². The van der Waals surface area contributed by atoms with Gasteiger partial charge < -0.3 is 15.8 Å². The number of nitrogen functional groups attached to an aromatic ring is 1. The van der Waals surface area contributed by atoms with Crippen LogP contribution in [0.2, 0.25) is 0 Å². The van der Waals surface area contributed by atoms with E-state index in [4.69, 9.17) is 10.5 Å². The molecule has 3 N–H and O–H groups in total. The summed E-state index contributed by atoms with van der Waals surface area (Å²) in [7, 11) is 1.33. The van der Waals surface area contributed by atoms with Gasteiger partial charge in [0.2, 0.25) is 0 Å². The van der Waals surface area contributed by atoms with Crippen LogP contribution in [0.1, 0.15) is 16.1 Å². The molecule has 0 saturated heterocycles. The Bertz CT molecular complexity index is 704. The molecule has 0 aliphatic rings. The highest BCUT2D eigenvalue weighted by Gasteiger charge is 2.32. The number of nitrogens with one attached hydrogen (secondary N) is 1. The van der Waals surface area contributed by atoms with Crippen LogP contribution in [0.15, 0.2) is 30.5 Å². The van der Waals surface area contributed by atoms with Gasteiger partial charge in [0.05, 0.1) is 7.11 Å². The zero-order chi connectivity index (χ0) is 16.3. The maximum absolute atomic E-state index is 12.6. The van der Waals surface area contributed by atoms with Gasteiger partial charge in [-0.15, -0.1) is 0 Å². The van der Waals surface area contributed by atoms with E-state index < -0.39 is 17.8 Å². The molecule has 6 nitrogen and oxygen atoms in total. The second kappa shape index (κ2) is 5.88. The zero-order valence-corrected chi connectivity index (χ0v) is 11.3. The van der Waals surface area contributed by atoms with Crippen LogP contribution < -0.4 is 15.8 Å². The van der Waals surface area contributed by atoms with Crippen molar-refractivity contribution in [1.82, 2.24) is 9.97 Å². The highest BCUT2D eigenvalue weighted by Crippen LogP contribution is 2.28. The molecule has 0 fully saturated rings. The maximum Gasteiger partial charge on any atom is 0.433 e. The minimum Gasteiger partial charge on any atom is -0.496 e. The Morgan fingerprint density at radius 2 is 2.09 bits per heavy atom. The lowest BCUT2D eigenvalue weighted by Gasteiger charge is -2.10. The predicted octanol–water partition coefficient (Wildman–Crippen LogP) is 2.34. The standard InChI is InChI=1S/C13H11F3N4O2/c1-22-8-5-10(17)18-6-7(8)12(21)20-11-4-2-3-9(19-11)13(14,15)16/h2-6H,1H3,(H2,17,18)(H,19,20,21). The first kappa shape index (κ1) is 15.5. The molecule has 2 aromatic rings. The van der Waals surface area contributed by atoms with Crippen molar-refractivity contribution in [3.63, 3.8) is 0 Å². The van der Waals surface area contributed by atoms with E-state index >= 15 is 0 Å². The number of aromatic nitrogens is 2. The van der Waals surface area contributed by atoms with Crippen LogP contribution in [-0.4, -0.2) is 23.0 Å². The zero-order valence-electron chi connectivity index (χ0n) is 11.3. The topological polar surface area (TPSA) is 90.1 Å². The molecule has 0 aliphatic heterocycles. The van der Waals surface area contributed by atoms with Crippen LogP contribution in [0.3, 0.4) is 0 Å². The van der Waals surface area contributed by atoms with E-state index in [1.807, 2.05) is 0 Å². The molecule has 116 valence electrons. The number of carbonyl (C=O) groups is 1. The molecule has 9 heteroatoms. The number of pyridine rings is 2. The Kier molecular flexibility index (Phi) is 4.15. The van der Waals surface area contributed by atoms with Gasteiger partial charge in [-0.25, -0.2) is 9.97 Å². The van der Waals surface area contributed by atoms with Crippen LogP contribution in [0, 0.1) is 0 Å². The molecule has 0 radical (unpaired) electrons. The number of anilines is 2. The fourth-order valence-corrected chi connectivity index (χ4v) is 1.64. The molecule has 0 spiro atoms. The number of ether oxygens (including phenoxy) is 1. The first-order valence-corrected chi connectivity index (χ1v) is 5.96. The molecule has 0 saturated carbocycles. The number of halogens is 3. The van der Waals surface area contributed by atoms with Crippen LogP contribution in [-0.2, 0) is 6.18 Å². The third-order valence-corrected chi connectivity index (χ3v) is 2.63. The van der Waals surface area contributed by atoms with E-state index in [1.54, 1.807) is 0 Å². The number of nitrogens with two attached hydrogens (primary N) is 1. The van der Waals surface area contributed by atoms with Crippen LogP contribution in [0.4, 0.5) is 24.8 Å². The summed E-state index contributed by atoms with van der Waals surface area (Å²) in [5, 5.41) is 2.25. The third kappa shape index (κ3) is 3.43. The number of hydrogen-bond acceptors (Lipinski definition) is 5. The van der Waals surface area contributed by atoms with Crippen molar-refractivity contribution in [3.05, 3.63) is 41.7 Å². The van der Waals surface area contributed by atoms with Gasteiger partial charge in [-0.1, -0.05) is 6.07 Å². The minimum absolute atomic E-state index is 0.0240. The molecule has 0 aromatic carbocycles. The summed E-state index contributed by atoms with van der Waals surface area (Å²) in [4.78, 5) is 19.2. The summed E-state index contributed by atoms with van der Waals surface area (Å²) in [5.74, 6) is -0.655. The molecule has 0 aliphatic carbocycles. The lowest BCUT2D eigenvalue weighted by atomic mass is 10.2. The van der Waals surface area contributed by atoms with E-state index in [-0.39, 0.29) is 22.9 Å². The number of methoxy groups -OCH3 is 1. The predicted molar refractivity (Wildman–Crippen MR) is 72.4 cm³/mol. The largest absolute Gasteiger partial charge is 0.496 e. The normalized spacial score (nSPS) is 11.1. The van der Waals surface area contributed by atoms with E-state index in [1.165, 1.54) is 19.2 Å². The summed E-state index contributed by atoms with van der Waals surface area (Å²) in [6.45, 7) is 0. The smallest absolute Gasteiger partial charge is 0.433 e. The van der Waals surface area contributed by atoms with Crippen molar-refractivity contribution in [2.24, 2.45) is 0 Å². The highest BCUT2D eigenvalue weighted by molar-refractivity contribution is 6.05. The number of nitrogens with zero attached hydrogens (tertiary/aromatic N) is 2. The monoisotopic (exact) mass is 312 g/mol. The summed E-state index contributed by atoms with van der Waals surface area (Å²) in [6.07, 6.45) is -3.43. The average molecular weight is 312 g/mol. The minimum atomic E-state index is -4.60. The molecule has 2 aromatic heterocycles. The van der Waals surface area contributed by atoms with Crippen LogP contribution in [0.25, 0.3) is 0 Å². The molecule has 0 bridgehead atoms. The highest BCUT2D eigenvalue weighted by atomic mass is 19.4. The maximum atomic E-state index is 12.6. The summed E-state index contributed by atoms with van der Waals surface area (Å²) >= 11 is 0. The number of rotatable bonds is 3. The first-order valence-electron chi connectivity index (χ1n) is 5.96. The number of amides is 1. The number of hydrogen-bond donors (Lipinski definition) is 2. The molecule has 1 amide bonds. The van der Waals surface area contributed by atoms with Gasteiger partial charge in [0.1, 0.15) is 28.6 Å². The van der Waals surface area contributed by atoms with Gasteiger partial charge >= 0.3 is 6.18 Å². The summed E-state index contributed by atoms with van der Waals surface area (Å²) in [5.41, 5.74) is 4.38. The molecule has 0 atom stereocenters. The lowest BCUT2D eigenvalue weighted by molar-refractivity contribution is -0.141. The van der Waals surface area contributed by atoms with Crippen molar-refractivity contribution in [1.29, 1.82) is 0 Å². The van der Waals surface area contributed by atoms with Crippen molar-refractivity contribution < 1.29 is 22.7 Å². The molecular formula is C13H11F3N4O2. The summed E-state index contributed by atoms with van der Waals surface area (Å²) in [6, 6.07) is 4.52. The second-order valence-electron chi connectivity index (χ2n) is 4.17. The van der Waals surface area contributed by atoms with Crippen molar-refractivity contribution in [3.8, 4) is 5.75 Å². The van der Waals surface area contributed by atoms with Crippen LogP contribution >= 0.6 is 0 Å². The fraction of sp³-hybridized carbons (Fsp3) is 0.154. The molecule has 2 heterocycles. The Balaban J connectivity index is 2.26. The average Bonchev–Trinajstić information content (AvgIpc) is 2.46. The Morgan fingerprint density at radius 3 is 2.73 bits per heavy atom. The van der Waals surface area contributed by atoms with Gasteiger partial charge in [0.25, 0.3) is 5.91 Å². The Morgan fingerprint density at radius 1 is 1.36 bits per heavy atom. The van der Waals surface area contributed by atoms with Crippen molar-refractivity contribution in [2.75, 3.05) is 18.2 Å².